The monoisotopic (exact) mass is 437 g/mol. The van der Waals surface area contributed by atoms with Gasteiger partial charge in [0.15, 0.2) is 0 Å². The maximum atomic E-state index is 12.4. The number of piperidine rings is 1. The number of rotatable bonds is 7. The molecule has 1 saturated heterocycles. The minimum atomic E-state index is -0.526. The number of hydrogen-bond donors (Lipinski definition) is 2. The van der Waals surface area contributed by atoms with Crippen LogP contribution >= 0.6 is 24.8 Å². The Hall–Kier alpha value is -1.59. The minimum absolute atomic E-state index is 0. The number of carbonyl (C=O) groups is 1. The van der Waals surface area contributed by atoms with Gasteiger partial charge in [-0.25, -0.2) is 0 Å². The molecule has 0 saturated carbocycles. The SMILES string of the molecule is CC1CCCCN1Cc1ccccc1CNC(=O)C(N)Cc1ccccc1.Cl.Cl. The quantitative estimate of drug-likeness (QED) is 0.685. The second kappa shape index (κ2) is 12.9. The van der Waals surface area contributed by atoms with E-state index in [0.29, 0.717) is 19.0 Å². The van der Waals surface area contributed by atoms with Crippen molar-refractivity contribution in [2.75, 3.05) is 6.54 Å². The third kappa shape index (κ3) is 7.63. The highest BCUT2D eigenvalue weighted by Crippen LogP contribution is 2.20. The number of halogens is 2. The van der Waals surface area contributed by atoms with Gasteiger partial charge in [0.1, 0.15) is 0 Å². The van der Waals surface area contributed by atoms with Crippen LogP contribution in [0, 0.1) is 0 Å². The summed E-state index contributed by atoms with van der Waals surface area (Å²) in [7, 11) is 0. The van der Waals surface area contributed by atoms with Crippen molar-refractivity contribution in [3.05, 3.63) is 71.3 Å². The zero-order valence-electron chi connectivity index (χ0n) is 17.0. The van der Waals surface area contributed by atoms with Crippen LogP contribution in [0.2, 0.25) is 0 Å². The van der Waals surface area contributed by atoms with Gasteiger partial charge in [0.2, 0.25) is 5.91 Å². The van der Waals surface area contributed by atoms with Gasteiger partial charge < -0.3 is 11.1 Å². The van der Waals surface area contributed by atoms with Crippen LogP contribution in [0.1, 0.15) is 42.9 Å². The Bertz CT molecular complexity index is 742. The third-order valence-corrected chi connectivity index (χ3v) is 5.52. The molecule has 0 spiro atoms. The lowest BCUT2D eigenvalue weighted by Crippen LogP contribution is -2.42. The molecular formula is C23H33Cl2N3O. The average Bonchev–Trinajstić information content (AvgIpc) is 2.69. The lowest BCUT2D eigenvalue weighted by Gasteiger charge is -2.33. The first kappa shape index (κ1) is 25.4. The molecule has 3 N–H and O–H groups in total. The molecule has 2 aromatic carbocycles. The van der Waals surface area contributed by atoms with Crippen LogP contribution < -0.4 is 11.1 Å². The van der Waals surface area contributed by atoms with E-state index in [1.165, 1.54) is 30.4 Å². The fourth-order valence-corrected chi connectivity index (χ4v) is 3.77. The topological polar surface area (TPSA) is 58.4 Å². The lowest BCUT2D eigenvalue weighted by molar-refractivity contribution is -0.122. The van der Waals surface area contributed by atoms with Gasteiger partial charge in [-0.15, -0.1) is 24.8 Å². The van der Waals surface area contributed by atoms with Gasteiger partial charge in [-0.05, 0) is 49.4 Å². The van der Waals surface area contributed by atoms with Crippen molar-refractivity contribution in [1.82, 2.24) is 10.2 Å². The van der Waals surface area contributed by atoms with E-state index in [0.717, 1.165) is 18.7 Å². The summed E-state index contributed by atoms with van der Waals surface area (Å²) in [5.74, 6) is -0.0972. The fourth-order valence-electron chi connectivity index (χ4n) is 3.77. The van der Waals surface area contributed by atoms with Crippen LogP contribution in [0.25, 0.3) is 0 Å². The number of carbonyl (C=O) groups excluding carboxylic acids is 1. The van der Waals surface area contributed by atoms with Gasteiger partial charge in [-0.1, -0.05) is 61.0 Å². The first-order chi connectivity index (χ1) is 13.1. The first-order valence-corrected chi connectivity index (χ1v) is 10.0. The third-order valence-electron chi connectivity index (χ3n) is 5.52. The van der Waals surface area contributed by atoms with E-state index in [2.05, 4.69) is 35.3 Å². The molecular weight excluding hydrogens is 405 g/mol. The predicted molar refractivity (Wildman–Crippen MR) is 125 cm³/mol. The summed E-state index contributed by atoms with van der Waals surface area (Å²) in [6.45, 7) is 4.94. The number of hydrogen-bond acceptors (Lipinski definition) is 3. The molecule has 0 bridgehead atoms. The zero-order chi connectivity index (χ0) is 19.1. The van der Waals surface area contributed by atoms with Gasteiger partial charge in [-0.3, -0.25) is 9.69 Å². The molecule has 6 heteroatoms. The number of nitrogens with zero attached hydrogens (tertiary/aromatic N) is 1. The Kier molecular flexibility index (Phi) is 11.3. The van der Waals surface area contributed by atoms with Gasteiger partial charge in [0.25, 0.3) is 0 Å². The van der Waals surface area contributed by atoms with Crippen molar-refractivity contribution in [2.24, 2.45) is 5.73 Å². The summed E-state index contributed by atoms with van der Waals surface area (Å²) in [5, 5.41) is 3.03. The molecule has 0 radical (unpaired) electrons. The van der Waals surface area contributed by atoms with Crippen molar-refractivity contribution in [1.29, 1.82) is 0 Å². The second-order valence-corrected chi connectivity index (χ2v) is 7.60. The Morgan fingerprint density at radius 2 is 1.72 bits per heavy atom. The van der Waals surface area contributed by atoms with Crippen LogP contribution in [0.15, 0.2) is 54.6 Å². The summed E-state index contributed by atoms with van der Waals surface area (Å²) < 4.78 is 0. The summed E-state index contributed by atoms with van der Waals surface area (Å²) in [6.07, 6.45) is 4.43. The molecule has 29 heavy (non-hydrogen) atoms. The number of amides is 1. The molecule has 3 rings (SSSR count). The fraction of sp³-hybridized carbons (Fsp3) is 0.435. The van der Waals surface area contributed by atoms with Crippen LogP contribution in [0.3, 0.4) is 0 Å². The Balaban J connectivity index is 0.00000210. The van der Waals surface area contributed by atoms with Gasteiger partial charge in [0, 0.05) is 19.1 Å². The smallest absolute Gasteiger partial charge is 0.237 e. The van der Waals surface area contributed by atoms with Crippen LogP contribution in [0.5, 0.6) is 0 Å². The van der Waals surface area contributed by atoms with Crippen LogP contribution in [0.4, 0.5) is 0 Å². The number of benzene rings is 2. The van der Waals surface area contributed by atoms with E-state index in [9.17, 15) is 4.79 Å². The molecule has 1 heterocycles. The molecule has 0 aliphatic carbocycles. The van der Waals surface area contributed by atoms with Crippen molar-refractivity contribution >= 4 is 30.7 Å². The van der Waals surface area contributed by atoms with E-state index >= 15 is 0 Å². The Morgan fingerprint density at radius 1 is 1.07 bits per heavy atom. The molecule has 0 aromatic heterocycles. The summed E-state index contributed by atoms with van der Waals surface area (Å²) in [6, 6.07) is 18.4. The standard InChI is InChI=1S/C23H31N3O.2ClH/c1-18-9-7-8-14-26(18)17-21-13-6-5-12-20(21)16-25-23(27)22(24)15-19-10-3-2-4-11-19;;/h2-6,10-13,18,22H,7-9,14-17,24H2,1H3,(H,25,27);2*1H. The Morgan fingerprint density at radius 3 is 2.41 bits per heavy atom. The van der Waals surface area contributed by atoms with Gasteiger partial charge in [0.05, 0.1) is 6.04 Å². The molecule has 4 nitrogen and oxygen atoms in total. The molecule has 2 atom stereocenters. The zero-order valence-corrected chi connectivity index (χ0v) is 18.7. The van der Waals surface area contributed by atoms with E-state index in [4.69, 9.17) is 5.73 Å². The number of nitrogens with two attached hydrogens (primary N) is 1. The van der Waals surface area contributed by atoms with E-state index in [1.54, 1.807) is 0 Å². The van der Waals surface area contributed by atoms with Crippen LogP contribution in [-0.4, -0.2) is 29.4 Å². The largest absolute Gasteiger partial charge is 0.351 e. The minimum Gasteiger partial charge on any atom is -0.351 e. The molecule has 2 aromatic rings. The average molecular weight is 438 g/mol. The lowest BCUT2D eigenvalue weighted by atomic mass is 10.0. The number of likely N-dealkylation sites (tertiary alicyclic amines) is 1. The molecule has 1 fully saturated rings. The highest BCUT2D eigenvalue weighted by Gasteiger charge is 2.19. The first-order valence-electron chi connectivity index (χ1n) is 10.0. The Labute approximate surface area is 187 Å². The van der Waals surface area contributed by atoms with Gasteiger partial charge >= 0.3 is 0 Å². The molecule has 160 valence electrons. The summed E-state index contributed by atoms with van der Waals surface area (Å²) in [4.78, 5) is 15.0. The van der Waals surface area contributed by atoms with E-state index in [1.807, 2.05) is 36.4 Å². The van der Waals surface area contributed by atoms with Crippen molar-refractivity contribution < 1.29 is 4.79 Å². The predicted octanol–water partition coefficient (Wildman–Crippen LogP) is 4.09. The molecule has 1 aliphatic heterocycles. The van der Waals surface area contributed by atoms with Crippen LogP contribution in [-0.2, 0) is 24.3 Å². The summed E-state index contributed by atoms with van der Waals surface area (Å²) >= 11 is 0. The van der Waals surface area contributed by atoms with Crippen molar-refractivity contribution in [2.45, 2.75) is 57.8 Å². The van der Waals surface area contributed by atoms with E-state index in [-0.39, 0.29) is 30.7 Å². The highest BCUT2D eigenvalue weighted by atomic mass is 35.5. The summed E-state index contributed by atoms with van der Waals surface area (Å²) in [5.41, 5.74) is 9.65. The maximum absolute atomic E-state index is 12.4. The second-order valence-electron chi connectivity index (χ2n) is 7.60. The highest BCUT2D eigenvalue weighted by molar-refractivity contribution is 5.85. The molecule has 1 amide bonds. The molecule has 2 unspecified atom stereocenters. The number of nitrogens with one attached hydrogen (secondary N) is 1. The molecule has 1 aliphatic rings. The van der Waals surface area contributed by atoms with Gasteiger partial charge in [-0.2, -0.15) is 0 Å². The van der Waals surface area contributed by atoms with Crippen molar-refractivity contribution in [3.8, 4) is 0 Å². The van der Waals surface area contributed by atoms with E-state index < -0.39 is 6.04 Å². The maximum Gasteiger partial charge on any atom is 0.237 e. The van der Waals surface area contributed by atoms with Crippen molar-refractivity contribution in [3.63, 3.8) is 0 Å². The normalized spacial score (nSPS) is 17.5.